The molecule has 35 heavy (non-hydrogen) atoms. The Morgan fingerprint density at radius 2 is 1.83 bits per heavy atom. The molecule has 0 unspecified atom stereocenters. The third kappa shape index (κ3) is 5.45. The summed E-state index contributed by atoms with van der Waals surface area (Å²) >= 11 is 0. The van der Waals surface area contributed by atoms with E-state index in [0.717, 1.165) is 12.4 Å². The van der Waals surface area contributed by atoms with Crippen LogP contribution in [0.15, 0.2) is 73.1 Å². The van der Waals surface area contributed by atoms with Gasteiger partial charge in [-0.25, -0.2) is 22.7 Å². The second-order valence-electron chi connectivity index (χ2n) is 9.68. The monoisotopic (exact) mass is 483 g/mol. The molecule has 0 radical (unpaired) electrons. The van der Waals surface area contributed by atoms with Crippen molar-refractivity contribution < 1.29 is 28.0 Å². The number of hydrogen-bond donors (Lipinski definition) is 1. The van der Waals surface area contributed by atoms with E-state index in [2.05, 4.69) is 30.5 Å². The number of ether oxygens (including phenoxy) is 1. The number of rotatable bonds is 9. The Morgan fingerprint density at radius 1 is 1.17 bits per heavy atom. The fourth-order valence-corrected chi connectivity index (χ4v) is 5.11. The predicted octanol–water partition coefficient (Wildman–Crippen LogP) is 4.81. The topological polar surface area (TPSA) is 55.3 Å². The lowest BCUT2D eigenvalue weighted by atomic mass is 9.80. The molecule has 1 saturated carbocycles. The highest BCUT2D eigenvalue weighted by Crippen LogP contribution is 2.47. The standard InChI is InChI=1S/C28H33F2N2O3/c1-21(2)25-31(15-16-32(25)20-22-9-5-3-6-10-22)17-18-35-26(33)28(34,23-11-7-4-8-12-23)24-13-14-27(29,30)19-24/h3-12,15-16,21,24,34H,13-14,17-20H2,1-2H3/q+1/t24-,28-/m0/s1. The summed E-state index contributed by atoms with van der Waals surface area (Å²) in [5.41, 5.74) is -0.631. The number of carbonyl (C=O) groups excluding carboxylic acids is 1. The van der Waals surface area contributed by atoms with Crippen molar-refractivity contribution in [1.29, 1.82) is 0 Å². The second-order valence-corrected chi connectivity index (χ2v) is 9.68. The Labute approximate surface area is 205 Å². The molecule has 0 bridgehead atoms. The molecule has 2 aromatic carbocycles. The summed E-state index contributed by atoms with van der Waals surface area (Å²) in [5, 5.41) is 11.5. The van der Waals surface area contributed by atoms with Gasteiger partial charge in [-0.2, -0.15) is 0 Å². The molecule has 2 atom stereocenters. The summed E-state index contributed by atoms with van der Waals surface area (Å²) in [4.78, 5) is 13.2. The number of esters is 1. The Morgan fingerprint density at radius 3 is 2.43 bits per heavy atom. The van der Waals surface area contributed by atoms with Crippen LogP contribution in [0.25, 0.3) is 0 Å². The van der Waals surface area contributed by atoms with Gasteiger partial charge in [0.1, 0.15) is 32.1 Å². The molecule has 1 aliphatic carbocycles. The highest BCUT2D eigenvalue weighted by atomic mass is 19.3. The molecule has 4 rings (SSSR count). The maximum atomic E-state index is 14.0. The summed E-state index contributed by atoms with van der Waals surface area (Å²) in [6, 6.07) is 18.5. The first-order valence-corrected chi connectivity index (χ1v) is 12.2. The lowest BCUT2D eigenvalue weighted by Crippen LogP contribution is -2.44. The van der Waals surface area contributed by atoms with Crippen molar-refractivity contribution in [3.8, 4) is 0 Å². The first-order chi connectivity index (χ1) is 16.7. The van der Waals surface area contributed by atoms with E-state index >= 15 is 0 Å². The van der Waals surface area contributed by atoms with Gasteiger partial charge in [-0.15, -0.1) is 0 Å². The minimum absolute atomic E-state index is 0.0246. The SMILES string of the molecule is CC(C)c1n(CCOC(=O)[C@](O)(c2ccccc2)[C@H]2CCC(F)(F)C2)cc[n+]1Cc1ccccc1. The lowest BCUT2D eigenvalue weighted by Gasteiger charge is -2.32. The smallest absolute Gasteiger partial charge is 0.343 e. The molecule has 1 fully saturated rings. The average Bonchev–Trinajstić information content (AvgIpc) is 3.42. The molecule has 1 aromatic heterocycles. The summed E-state index contributed by atoms with van der Waals surface area (Å²) in [7, 11) is 0. The molecule has 7 heteroatoms. The molecule has 186 valence electrons. The third-order valence-electron chi connectivity index (χ3n) is 6.81. The Bertz CT molecular complexity index is 1130. The van der Waals surface area contributed by atoms with Crippen LogP contribution in [0.2, 0.25) is 0 Å². The zero-order valence-electron chi connectivity index (χ0n) is 20.2. The maximum Gasteiger partial charge on any atom is 0.343 e. The summed E-state index contributed by atoms with van der Waals surface area (Å²) in [6.07, 6.45) is 3.13. The highest BCUT2D eigenvalue weighted by Gasteiger charge is 2.54. The molecule has 1 heterocycles. The van der Waals surface area contributed by atoms with Crippen LogP contribution < -0.4 is 4.57 Å². The second kappa shape index (κ2) is 10.3. The number of aromatic nitrogens is 2. The van der Waals surface area contributed by atoms with E-state index in [9.17, 15) is 18.7 Å². The molecule has 1 aliphatic rings. The van der Waals surface area contributed by atoms with Crippen LogP contribution in [0.3, 0.4) is 0 Å². The van der Waals surface area contributed by atoms with E-state index in [1.165, 1.54) is 5.56 Å². The zero-order valence-corrected chi connectivity index (χ0v) is 20.2. The first-order valence-electron chi connectivity index (χ1n) is 12.2. The minimum atomic E-state index is -2.89. The van der Waals surface area contributed by atoms with Crippen molar-refractivity contribution in [3.05, 3.63) is 90.0 Å². The first kappa shape index (κ1) is 25.0. The molecule has 3 aromatic rings. The van der Waals surface area contributed by atoms with Gasteiger partial charge in [0.25, 0.3) is 5.82 Å². The molecule has 0 spiro atoms. The number of halogens is 2. The van der Waals surface area contributed by atoms with Crippen molar-refractivity contribution in [3.63, 3.8) is 0 Å². The van der Waals surface area contributed by atoms with Crippen LogP contribution in [0.4, 0.5) is 8.78 Å². The van der Waals surface area contributed by atoms with Crippen molar-refractivity contribution in [1.82, 2.24) is 4.57 Å². The molecular formula is C28H33F2N2O3+. The van der Waals surface area contributed by atoms with Crippen LogP contribution in [0.5, 0.6) is 0 Å². The number of benzene rings is 2. The van der Waals surface area contributed by atoms with Gasteiger partial charge in [0.2, 0.25) is 5.92 Å². The van der Waals surface area contributed by atoms with Gasteiger partial charge in [0, 0.05) is 18.8 Å². The number of carbonyl (C=O) groups is 1. The molecule has 0 amide bonds. The van der Waals surface area contributed by atoms with Crippen LogP contribution in [-0.4, -0.2) is 28.2 Å². The van der Waals surface area contributed by atoms with Gasteiger partial charge in [0.05, 0.1) is 5.92 Å². The molecule has 0 aliphatic heterocycles. The fraction of sp³-hybridized carbons (Fsp3) is 0.429. The number of imidazole rings is 1. The van der Waals surface area contributed by atoms with Crippen LogP contribution in [0, 0.1) is 5.92 Å². The average molecular weight is 484 g/mol. The van der Waals surface area contributed by atoms with E-state index in [4.69, 9.17) is 4.74 Å². The van der Waals surface area contributed by atoms with Gasteiger partial charge in [0.15, 0.2) is 5.60 Å². The predicted molar refractivity (Wildman–Crippen MR) is 128 cm³/mol. The van der Waals surface area contributed by atoms with Gasteiger partial charge in [-0.05, 0) is 17.5 Å². The fourth-order valence-electron chi connectivity index (χ4n) is 5.11. The number of hydrogen-bond acceptors (Lipinski definition) is 3. The normalized spacial score (nSPS) is 19.0. The van der Waals surface area contributed by atoms with Crippen molar-refractivity contribution >= 4 is 5.97 Å². The van der Waals surface area contributed by atoms with Crippen LogP contribution in [-0.2, 0) is 28.2 Å². The highest BCUT2D eigenvalue weighted by molar-refractivity contribution is 5.81. The number of alkyl halides is 2. The minimum Gasteiger partial charge on any atom is -0.459 e. The quantitative estimate of drug-likeness (QED) is 0.351. The van der Waals surface area contributed by atoms with Crippen LogP contribution in [0.1, 0.15) is 56.0 Å². The van der Waals surface area contributed by atoms with E-state index in [-0.39, 0.29) is 30.9 Å². The van der Waals surface area contributed by atoms with E-state index in [1.807, 2.05) is 35.2 Å². The number of nitrogens with zero attached hydrogens (tertiary/aromatic N) is 2. The molecular weight excluding hydrogens is 450 g/mol. The summed E-state index contributed by atoms with van der Waals surface area (Å²) in [6.45, 7) is 5.36. The maximum absolute atomic E-state index is 14.0. The van der Waals surface area contributed by atoms with Gasteiger partial charge in [-0.3, -0.25) is 0 Å². The van der Waals surface area contributed by atoms with Crippen molar-refractivity contribution in [2.45, 2.75) is 63.6 Å². The van der Waals surface area contributed by atoms with Gasteiger partial charge < -0.3 is 9.84 Å². The largest absolute Gasteiger partial charge is 0.459 e. The molecule has 5 nitrogen and oxygen atoms in total. The molecule has 1 N–H and O–H groups in total. The third-order valence-corrected chi connectivity index (χ3v) is 6.81. The van der Waals surface area contributed by atoms with Gasteiger partial charge >= 0.3 is 5.97 Å². The Hall–Kier alpha value is -3.06. The zero-order chi connectivity index (χ0) is 25.1. The number of aliphatic hydroxyl groups is 1. The van der Waals surface area contributed by atoms with Gasteiger partial charge in [-0.1, -0.05) is 74.5 Å². The van der Waals surface area contributed by atoms with Crippen LogP contribution >= 0.6 is 0 Å². The van der Waals surface area contributed by atoms with E-state index in [0.29, 0.717) is 6.54 Å². The van der Waals surface area contributed by atoms with Crippen molar-refractivity contribution in [2.75, 3.05) is 6.61 Å². The summed E-state index contributed by atoms with van der Waals surface area (Å²) < 4.78 is 37.7. The molecule has 0 saturated heterocycles. The van der Waals surface area contributed by atoms with E-state index in [1.54, 1.807) is 30.3 Å². The Balaban J connectivity index is 1.48. The van der Waals surface area contributed by atoms with E-state index < -0.39 is 29.8 Å². The summed E-state index contributed by atoms with van der Waals surface area (Å²) in [5.74, 6) is -3.36. The Kier molecular flexibility index (Phi) is 7.36. The van der Waals surface area contributed by atoms with Crippen molar-refractivity contribution in [2.24, 2.45) is 5.92 Å². The lowest BCUT2D eigenvalue weighted by molar-refractivity contribution is -0.696.